The third kappa shape index (κ3) is 7.62. The number of hydrogen-bond acceptors (Lipinski definition) is 8. The maximum absolute atomic E-state index is 12.4. The van der Waals surface area contributed by atoms with Gasteiger partial charge in [0.2, 0.25) is 5.91 Å². The van der Waals surface area contributed by atoms with Crippen LogP contribution in [0.5, 0.6) is 5.75 Å². The largest absolute Gasteiger partial charge is 0.497 e. The predicted octanol–water partition coefficient (Wildman–Crippen LogP) is 4.24. The summed E-state index contributed by atoms with van der Waals surface area (Å²) in [7, 11) is 1.57. The molecule has 0 saturated heterocycles. The first-order valence-corrected chi connectivity index (χ1v) is 11.9. The molecular weight excluding hydrogens is 462 g/mol. The maximum Gasteiger partial charge on any atom is 0.311 e. The molecule has 33 heavy (non-hydrogen) atoms. The first kappa shape index (κ1) is 24.3. The molecule has 8 nitrogen and oxygen atoms in total. The van der Waals surface area contributed by atoms with E-state index < -0.39 is 0 Å². The number of thioether (sulfide) groups is 1. The molecule has 0 saturated carbocycles. The van der Waals surface area contributed by atoms with E-state index in [1.54, 1.807) is 55.8 Å². The van der Waals surface area contributed by atoms with Crippen molar-refractivity contribution in [3.05, 3.63) is 65.2 Å². The number of carbonyl (C=O) groups excluding carboxylic acids is 3. The summed E-state index contributed by atoms with van der Waals surface area (Å²) in [5.74, 6) is 0.0406. The van der Waals surface area contributed by atoms with Crippen LogP contribution < -0.4 is 15.4 Å². The van der Waals surface area contributed by atoms with Gasteiger partial charge in [-0.1, -0.05) is 6.07 Å². The summed E-state index contributed by atoms with van der Waals surface area (Å²) in [5.41, 5.74) is 1.70. The molecule has 1 aromatic heterocycles. The van der Waals surface area contributed by atoms with E-state index in [2.05, 4.69) is 15.6 Å². The number of hydrogen-bond donors (Lipinski definition) is 2. The van der Waals surface area contributed by atoms with E-state index in [1.807, 2.05) is 12.1 Å². The van der Waals surface area contributed by atoms with Gasteiger partial charge in [0.15, 0.2) is 5.13 Å². The van der Waals surface area contributed by atoms with E-state index >= 15 is 0 Å². The van der Waals surface area contributed by atoms with Crippen molar-refractivity contribution in [1.29, 1.82) is 0 Å². The van der Waals surface area contributed by atoms with E-state index in [0.29, 0.717) is 34.4 Å². The highest BCUT2D eigenvalue weighted by Gasteiger charge is 2.11. The summed E-state index contributed by atoms with van der Waals surface area (Å²) < 4.78 is 10.00. The van der Waals surface area contributed by atoms with Crippen molar-refractivity contribution in [3.63, 3.8) is 0 Å². The lowest BCUT2D eigenvalue weighted by atomic mass is 10.2. The number of nitrogens with zero attached hydrogens (tertiary/aromatic N) is 1. The standard InChI is InChI=1S/C23H23N3O5S2/c1-3-31-21(28)12-17-13-33-23(25-17)26-20(27)14-32-19-6-4-5-16(11-19)24-22(29)15-7-9-18(30-2)10-8-15/h4-11,13H,3,12,14H2,1-2H3,(H,24,29)(H,25,26,27). The predicted molar refractivity (Wildman–Crippen MR) is 129 cm³/mol. The number of esters is 1. The third-order valence-corrected chi connectivity index (χ3v) is 6.04. The fourth-order valence-corrected chi connectivity index (χ4v) is 4.20. The Hall–Kier alpha value is -3.37. The molecule has 2 aromatic carbocycles. The van der Waals surface area contributed by atoms with Crippen LogP contribution in [0, 0.1) is 0 Å². The van der Waals surface area contributed by atoms with Gasteiger partial charge in [-0.2, -0.15) is 0 Å². The lowest BCUT2D eigenvalue weighted by Gasteiger charge is -2.08. The van der Waals surface area contributed by atoms with Crippen molar-refractivity contribution < 1.29 is 23.9 Å². The van der Waals surface area contributed by atoms with Crippen LogP contribution >= 0.6 is 23.1 Å². The number of ether oxygens (including phenoxy) is 2. The number of aromatic nitrogens is 1. The molecule has 0 spiro atoms. The first-order chi connectivity index (χ1) is 16.0. The highest BCUT2D eigenvalue weighted by atomic mass is 32.2. The zero-order chi connectivity index (χ0) is 23.6. The second kappa shape index (κ2) is 12.0. The van der Waals surface area contributed by atoms with Gasteiger partial charge in [-0.05, 0) is 49.4 Å². The van der Waals surface area contributed by atoms with Crippen LogP contribution in [-0.2, 0) is 20.7 Å². The Kier molecular flexibility index (Phi) is 8.85. The number of nitrogens with one attached hydrogen (secondary N) is 2. The van der Waals surface area contributed by atoms with Crippen LogP contribution in [0.2, 0.25) is 0 Å². The number of methoxy groups -OCH3 is 1. The van der Waals surface area contributed by atoms with Gasteiger partial charge >= 0.3 is 5.97 Å². The number of amides is 2. The number of thiazole rings is 1. The van der Waals surface area contributed by atoms with E-state index in [4.69, 9.17) is 9.47 Å². The highest BCUT2D eigenvalue weighted by molar-refractivity contribution is 8.00. The molecular formula is C23H23N3O5S2. The van der Waals surface area contributed by atoms with Gasteiger partial charge in [0.05, 0.1) is 31.6 Å². The quantitative estimate of drug-likeness (QED) is 0.327. The molecule has 0 aliphatic heterocycles. The topological polar surface area (TPSA) is 107 Å². The molecule has 172 valence electrons. The van der Waals surface area contributed by atoms with Crippen molar-refractivity contribution in [2.45, 2.75) is 18.2 Å². The van der Waals surface area contributed by atoms with Crippen molar-refractivity contribution in [2.75, 3.05) is 30.1 Å². The van der Waals surface area contributed by atoms with Crippen molar-refractivity contribution in [2.24, 2.45) is 0 Å². The van der Waals surface area contributed by atoms with Crippen LogP contribution in [0.4, 0.5) is 10.8 Å². The number of carbonyl (C=O) groups is 3. The Bertz CT molecular complexity index is 1120. The Labute approximate surface area is 199 Å². The van der Waals surface area contributed by atoms with Crippen LogP contribution in [0.3, 0.4) is 0 Å². The molecule has 2 N–H and O–H groups in total. The van der Waals surface area contributed by atoms with Crippen molar-refractivity contribution >= 4 is 51.7 Å². The number of benzene rings is 2. The van der Waals surface area contributed by atoms with Gasteiger partial charge in [-0.15, -0.1) is 23.1 Å². The molecule has 0 bridgehead atoms. The Morgan fingerprint density at radius 1 is 1.09 bits per heavy atom. The molecule has 0 atom stereocenters. The van der Waals surface area contributed by atoms with Gasteiger partial charge in [-0.25, -0.2) is 4.98 Å². The molecule has 0 fully saturated rings. The normalized spacial score (nSPS) is 10.4. The van der Waals surface area contributed by atoms with E-state index in [1.165, 1.54) is 23.1 Å². The maximum atomic E-state index is 12.4. The summed E-state index contributed by atoms with van der Waals surface area (Å²) in [6, 6.07) is 14.1. The second-order valence-electron chi connectivity index (χ2n) is 6.67. The monoisotopic (exact) mass is 485 g/mol. The smallest absolute Gasteiger partial charge is 0.311 e. The Balaban J connectivity index is 1.50. The zero-order valence-corrected chi connectivity index (χ0v) is 19.8. The fraction of sp³-hybridized carbons (Fsp3) is 0.217. The summed E-state index contributed by atoms with van der Waals surface area (Å²) in [6.07, 6.45) is 0.0734. The molecule has 0 aliphatic carbocycles. The first-order valence-electron chi connectivity index (χ1n) is 10.0. The van der Waals surface area contributed by atoms with Gasteiger partial charge in [-0.3, -0.25) is 14.4 Å². The molecule has 1 heterocycles. The fourth-order valence-electron chi connectivity index (χ4n) is 2.72. The van der Waals surface area contributed by atoms with Gasteiger partial charge in [0.1, 0.15) is 5.75 Å². The van der Waals surface area contributed by atoms with Gasteiger partial charge in [0, 0.05) is 21.5 Å². The van der Waals surface area contributed by atoms with Crippen LogP contribution in [-0.4, -0.2) is 42.2 Å². The van der Waals surface area contributed by atoms with E-state index in [-0.39, 0.29) is 30.0 Å². The lowest BCUT2D eigenvalue weighted by molar-refractivity contribution is -0.142. The average molecular weight is 486 g/mol. The van der Waals surface area contributed by atoms with Crippen LogP contribution in [0.25, 0.3) is 0 Å². The molecule has 3 aromatic rings. The summed E-state index contributed by atoms with van der Waals surface area (Å²) in [5, 5.41) is 7.73. The minimum absolute atomic E-state index is 0.0734. The molecule has 3 rings (SSSR count). The molecule has 0 unspecified atom stereocenters. The van der Waals surface area contributed by atoms with E-state index in [0.717, 1.165) is 4.90 Å². The lowest BCUT2D eigenvalue weighted by Crippen LogP contribution is -2.14. The van der Waals surface area contributed by atoms with E-state index in [9.17, 15) is 14.4 Å². The molecule has 0 aliphatic rings. The third-order valence-electron chi connectivity index (χ3n) is 4.24. The average Bonchev–Trinajstić information content (AvgIpc) is 3.24. The Morgan fingerprint density at radius 3 is 2.61 bits per heavy atom. The minimum Gasteiger partial charge on any atom is -0.497 e. The summed E-state index contributed by atoms with van der Waals surface area (Å²) in [6.45, 7) is 2.06. The van der Waals surface area contributed by atoms with Crippen molar-refractivity contribution in [1.82, 2.24) is 4.98 Å². The molecule has 0 radical (unpaired) electrons. The Morgan fingerprint density at radius 2 is 1.88 bits per heavy atom. The number of anilines is 2. The van der Waals surface area contributed by atoms with Gasteiger partial charge < -0.3 is 20.1 Å². The minimum atomic E-state index is -0.352. The number of rotatable bonds is 10. The highest BCUT2D eigenvalue weighted by Crippen LogP contribution is 2.23. The SMILES string of the molecule is CCOC(=O)Cc1csc(NC(=O)CSc2cccc(NC(=O)c3ccc(OC)cc3)c2)n1. The van der Waals surface area contributed by atoms with Gasteiger partial charge in [0.25, 0.3) is 5.91 Å². The van der Waals surface area contributed by atoms with Crippen LogP contribution in [0.1, 0.15) is 23.0 Å². The summed E-state index contributed by atoms with van der Waals surface area (Å²) >= 11 is 2.59. The van der Waals surface area contributed by atoms with Crippen LogP contribution in [0.15, 0.2) is 58.8 Å². The second-order valence-corrected chi connectivity index (χ2v) is 8.58. The zero-order valence-electron chi connectivity index (χ0n) is 18.1. The molecule has 2 amide bonds. The molecule has 10 heteroatoms. The van der Waals surface area contributed by atoms with Crippen molar-refractivity contribution in [3.8, 4) is 5.75 Å². The summed E-state index contributed by atoms with van der Waals surface area (Å²) in [4.78, 5) is 41.3.